The predicted octanol–water partition coefficient (Wildman–Crippen LogP) is 1.03. The van der Waals surface area contributed by atoms with Crippen molar-refractivity contribution < 1.29 is 4.74 Å². The molecule has 1 aliphatic heterocycles. The molecule has 2 rings (SSSR count). The quantitative estimate of drug-likeness (QED) is 0.801. The molecule has 14 heavy (non-hydrogen) atoms. The van der Waals surface area contributed by atoms with Gasteiger partial charge in [-0.2, -0.15) is 0 Å². The lowest BCUT2D eigenvalue weighted by Crippen LogP contribution is -2.37. The molecule has 1 N–H and O–H groups in total. The molecule has 5 heteroatoms. The lowest BCUT2D eigenvalue weighted by atomic mass is 10.1. The van der Waals surface area contributed by atoms with Gasteiger partial charge in [0, 0.05) is 18.9 Å². The number of nitrogens with one attached hydrogen (secondary N) is 1. The molecule has 1 fully saturated rings. The van der Waals surface area contributed by atoms with Crippen molar-refractivity contribution >= 4 is 12.4 Å². The van der Waals surface area contributed by atoms with Crippen LogP contribution in [0.5, 0.6) is 6.01 Å². The van der Waals surface area contributed by atoms with Crippen molar-refractivity contribution in [2.24, 2.45) is 0 Å². The fourth-order valence-electron chi connectivity index (χ4n) is 1.42. The molecule has 78 valence electrons. The van der Waals surface area contributed by atoms with Crippen LogP contribution in [0.3, 0.4) is 0 Å². The van der Waals surface area contributed by atoms with Gasteiger partial charge in [-0.15, -0.1) is 12.4 Å². The highest BCUT2D eigenvalue weighted by molar-refractivity contribution is 5.85. The standard InChI is InChI=1S/C9H13N3O.ClH/c1-3-8(7-10-4-1)13-9-11-5-2-6-12-9;/h2,5-6,8,10H,1,3-4,7H2;1H/t8-;/m0./s1. The van der Waals surface area contributed by atoms with Crippen LogP contribution in [0.4, 0.5) is 0 Å². The maximum atomic E-state index is 5.57. The first-order chi connectivity index (χ1) is 6.45. The van der Waals surface area contributed by atoms with Crippen molar-refractivity contribution in [3.63, 3.8) is 0 Å². The van der Waals surface area contributed by atoms with E-state index >= 15 is 0 Å². The Balaban J connectivity index is 0.000000980. The molecule has 2 heterocycles. The topological polar surface area (TPSA) is 47.0 Å². The molecule has 1 atom stereocenters. The minimum Gasteiger partial charge on any atom is -0.459 e. The van der Waals surface area contributed by atoms with Crippen molar-refractivity contribution in [2.45, 2.75) is 18.9 Å². The summed E-state index contributed by atoms with van der Waals surface area (Å²) < 4.78 is 5.57. The van der Waals surface area contributed by atoms with Gasteiger partial charge in [0.05, 0.1) is 0 Å². The SMILES string of the molecule is Cl.c1cnc(O[C@H]2CCCNC2)nc1. The summed E-state index contributed by atoms with van der Waals surface area (Å²) in [6, 6.07) is 2.27. The van der Waals surface area contributed by atoms with Crippen molar-refractivity contribution in [3.05, 3.63) is 18.5 Å². The number of hydrogen-bond donors (Lipinski definition) is 1. The van der Waals surface area contributed by atoms with E-state index < -0.39 is 0 Å². The molecule has 0 saturated carbocycles. The second kappa shape index (κ2) is 5.78. The van der Waals surface area contributed by atoms with E-state index in [1.165, 1.54) is 0 Å². The number of rotatable bonds is 2. The fourth-order valence-corrected chi connectivity index (χ4v) is 1.42. The second-order valence-corrected chi connectivity index (χ2v) is 3.12. The molecule has 4 nitrogen and oxygen atoms in total. The van der Waals surface area contributed by atoms with E-state index in [4.69, 9.17) is 4.74 Å². The monoisotopic (exact) mass is 215 g/mol. The van der Waals surface area contributed by atoms with E-state index in [1.54, 1.807) is 18.5 Å². The average molecular weight is 216 g/mol. The van der Waals surface area contributed by atoms with Crippen LogP contribution in [-0.4, -0.2) is 29.2 Å². The van der Waals surface area contributed by atoms with Gasteiger partial charge in [0.15, 0.2) is 0 Å². The van der Waals surface area contributed by atoms with Crippen LogP contribution >= 0.6 is 12.4 Å². The first-order valence-electron chi connectivity index (χ1n) is 4.59. The van der Waals surface area contributed by atoms with Crippen LogP contribution in [0.1, 0.15) is 12.8 Å². The molecule has 1 saturated heterocycles. The lowest BCUT2D eigenvalue weighted by Gasteiger charge is -2.22. The van der Waals surface area contributed by atoms with Crippen LogP contribution in [0.2, 0.25) is 0 Å². The minimum absolute atomic E-state index is 0. The summed E-state index contributed by atoms with van der Waals surface area (Å²) in [6.45, 7) is 1.99. The van der Waals surface area contributed by atoms with E-state index in [1.807, 2.05) is 0 Å². The Kier molecular flexibility index (Phi) is 4.62. The summed E-state index contributed by atoms with van der Waals surface area (Å²) in [4.78, 5) is 8.02. The largest absolute Gasteiger partial charge is 0.459 e. The molecule has 0 radical (unpaired) electrons. The summed E-state index contributed by atoms with van der Waals surface area (Å²) in [6.07, 6.45) is 5.87. The number of aromatic nitrogens is 2. The van der Waals surface area contributed by atoms with Gasteiger partial charge in [0.1, 0.15) is 6.10 Å². The number of halogens is 1. The lowest BCUT2D eigenvalue weighted by molar-refractivity contribution is 0.153. The zero-order chi connectivity index (χ0) is 8.93. The Hall–Kier alpha value is -0.870. The summed E-state index contributed by atoms with van der Waals surface area (Å²) in [5, 5.41) is 3.27. The molecule has 0 amide bonds. The van der Waals surface area contributed by atoms with Gasteiger partial charge in [-0.25, -0.2) is 9.97 Å². The Morgan fingerprint density at radius 3 is 2.79 bits per heavy atom. The zero-order valence-electron chi connectivity index (χ0n) is 7.85. The Labute approximate surface area is 89.5 Å². The number of piperidine rings is 1. The van der Waals surface area contributed by atoms with Gasteiger partial charge in [0.2, 0.25) is 0 Å². The van der Waals surface area contributed by atoms with Gasteiger partial charge in [0.25, 0.3) is 0 Å². The summed E-state index contributed by atoms with van der Waals surface area (Å²) in [5.74, 6) is 0. The van der Waals surface area contributed by atoms with Crippen molar-refractivity contribution in [2.75, 3.05) is 13.1 Å². The third kappa shape index (κ3) is 3.12. The fraction of sp³-hybridized carbons (Fsp3) is 0.556. The van der Waals surface area contributed by atoms with Gasteiger partial charge < -0.3 is 10.1 Å². The summed E-state index contributed by atoms with van der Waals surface area (Å²) in [5.41, 5.74) is 0. The van der Waals surface area contributed by atoms with Crippen LogP contribution < -0.4 is 10.1 Å². The highest BCUT2D eigenvalue weighted by Gasteiger charge is 2.14. The Bertz CT molecular complexity index is 251. The first kappa shape index (κ1) is 11.2. The smallest absolute Gasteiger partial charge is 0.316 e. The van der Waals surface area contributed by atoms with Gasteiger partial charge in [-0.3, -0.25) is 0 Å². The molecular formula is C9H14ClN3O. The molecule has 0 aliphatic carbocycles. The maximum Gasteiger partial charge on any atom is 0.316 e. The first-order valence-corrected chi connectivity index (χ1v) is 4.59. The van der Waals surface area contributed by atoms with Crippen LogP contribution in [0.15, 0.2) is 18.5 Å². The Morgan fingerprint density at radius 1 is 1.36 bits per heavy atom. The van der Waals surface area contributed by atoms with E-state index in [2.05, 4.69) is 15.3 Å². The van der Waals surface area contributed by atoms with E-state index in [0.717, 1.165) is 25.9 Å². The number of hydrogen-bond acceptors (Lipinski definition) is 4. The molecule has 1 aromatic rings. The molecular weight excluding hydrogens is 202 g/mol. The molecule has 0 unspecified atom stereocenters. The van der Waals surface area contributed by atoms with Gasteiger partial charge in [-0.05, 0) is 25.5 Å². The minimum atomic E-state index is 0. The normalized spacial score (nSPS) is 21.0. The second-order valence-electron chi connectivity index (χ2n) is 3.12. The third-order valence-corrected chi connectivity index (χ3v) is 2.07. The van der Waals surface area contributed by atoms with Crippen LogP contribution in [0.25, 0.3) is 0 Å². The maximum absolute atomic E-state index is 5.57. The van der Waals surface area contributed by atoms with Crippen LogP contribution in [0, 0.1) is 0 Å². The summed E-state index contributed by atoms with van der Waals surface area (Å²) in [7, 11) is 0. The van der Waals surface area contributed by atoms with E-state index in [0.29, 0.717) is 6.01 Å². The highest BCUT2D eigenvalue weighted by Crippen LogP contribution is 2.08. The number of nitrogens with zero attached hydrogens (tertiary/aromatic N) is 2. The van der Waals surface area contributed by atoms with Gasteiger partial charge >= 0.3 is 6.01 Å². The molecule has 0 aromatic carbocycles. The Morgan fingerprint density at radius 2 is 2.14 bits per heavy atom. The molecule has 0 bridgehead atoms. The highest BCUT2D eigenvalue weighted by atomic mass is 35.5. The van der Waals surface area contributed by atoms with E-state index in [-0.39, 0.29) is 18.5 Å². The third-order valence-electron chi connectivity index (χ3n) is 2.07. The number of ether oxygens (including phenoxy) is 1. The van der Waals surface area contributed by atoms with Gasteiger partial charge in [-0.1, -0.05) is 0 Å². The van der Waals surface area contributed by atoms with E-state index in [9.17, 15) is 0 Å². The predicted molar refractivity (Wildman–Crippen MR) is 55.8 cm³/mol. The van der Waals surface area contributed by atoms with Crippen molar-refractivity contribution in [3.8, 4) is 6.01 Å². The molecule has 0 spiro atoms. The molecule has 1 aromatic heterocycles. The van der Waals surface area contributed by atoms with Crippen LogP contribution in [-0.2, 0) is 0 Å². The van der Waals surface area contributed by atoms with Crippen molar-refractivity contribution in [1.82, 2.24) is 15.3 Å². The molecule has 1 aliphatic rings. The van der Waals surface area contributed by atoms with Crippen molar-refractivity contribution in [1.29, 1.82) is 0 Å². The average Bonchev–Trinajstić information content (AvgIpc) is 2.21. The summed E-state index contributed by atoms with van der Waals surface area (Å²) >= 11 is 0. The zero-order valence-corrected chi connectivity index (χ0v) is 8.67.